The Labute approximate surface area is 128 Å². The number of alkyl halides is 2. The van der Waals surface area contributed by atoms with Crippen LogP contribution in [0.15, 0.2) is 46.9 Å². The maximum atomic E-state index is 12.0. The molecule has 0 spiro atoms. The van der Waals surface area contributed by atoms with Crippen LogP contribution in [0.3, 0.4) is 0 Å². The van der Waals surface area contributed by atoms with Crippen molar-refractivity contribution >= 4 is 33.2 Å². The standard InChI is InChI=1S/C14H11BrF2N2O2/c15-11-6-3-9(18)7-12(11)19-13(20)8-1-4-10(5-2-8)21-14(16)17/h1-7,14H,18H2,(H,19,20). The minimum atomic E-state index is -2.90. The monoisotopic (exact) mass is 356 g/mol. The Morgan fingerprint density at radius 2 is 1.86 bits per heavy atom. The van der Waals surface area contributed by atoms with Crippen molar-refractivity contribution in [2.45, 2.75) is 6.61 Å². The third-order valence-corrected chi connectivity index (χ3v) is 3.27. The van der Waals surface area contributed by atoms with Gasteiger partial charge in [-0.05, 0) is 58.4 Å². The molecular formula is C14H11BrF2N2O2. The number of nitrogen functional groups attached to an aromatic ring is 1. The molecule has 0 aliphatic rings. The number of nitrogens with one attached hydrogen (secondary N) is 1. The summed E-state index contributed by atoms with van der Waals surface area (Å²) < 4.78 is 29.0. The van der Waals surface area contributed by atoms with Crippen molar-refractivity contribution in [3.05, 3.63) is 52.5 Å². The smallest absolute Gasteiger partial charge is 0.387 e. The number of ether oxygens (including phenoxy) is 1. The van der Waals surface area contributed by atoms with Crippen LogP contribution in [0.1, 0.15) is 10.4 Å². The van der Waals surface area contributed by atoms with Crippen LogP contribution < -0.4 is 15.8 Å². The fraction of sp³-hybridized carbons (Fsp3) is 0.0714. The molecule has 0 atom stereocenters. The van der Waals surface area contributed by atoms with E-state index in [0.29, 0.717) is 21.4 Å². The van der Waals surface area contributed by atoms with Crippen molar-refractivity contribution in [3.8, 4) is 5.75 Å². The van der Waals surface area contributed by atoms with Crippen LogP contribution in [0.2, 0.25) is 0 Å². The van der Waals surface area contributed by atoms with Crippen LogP contribution in [-0.4, -0.2) is 12.5 Å². The topological polar surface area (TPSA) is 64.3 Å². The largest absolute Gasteiger partial charge is 0.435 e. The van der Waals surface area contributed by atoms with E-state index >= 15 is 0 Å². The minimum absolute atomic E-state index is 0.00770. The summed E-state index contributed by atoms with van der Waals surface area (Å²) in [4.78, 5) is 12.0. The fourth-order valence-corrected chi connectivity index (χ4v) is 1.97. The van der Waals surface area contributed by atoms with Gasteiger partial charge in [-0.15, -0.1) is 0 Å². The molecular weight excluding hydrogens is 346 g/mol. The lowest BCUT2D eigenvalue weighted by atomic mass is 10.2. The van der Waals surface area contributed by atoms with Crippen molar-refractivity contribution in [1.82, 2.24) is 0 Å². The first kappa shape index (κ1) is 15.2. The van der Waals surface area contributed by atoms with Crippen LogP contribution in [0.4, 0.5) is 20.2 Å². The molecule has 0 heterocycles. The number of benzene rings is 2. The van der Waals surface area contributed by atoms with Crippen molar-refractivity contribution in [3.63, 3.8) is 0 Å². The molecule has 0 saturated carbocycles. The quantitative estimate of drug-likeness (QED) is 0.817. The summed E-state index contributed by atoms with van der Waals surface area (Å²) >= 11 is 3.30. The van der Waals surface area contributed by atoms with Crippen molar-refractivity contribution < 1.29 is 18.3 Å². The highest BCUT2D eigenvalue weighted by atomic mass is 79.9. The minimum Gasteiger partial charge on any atom is -0.435 e. The van der Waals surface area contributed by atoms with E-state index in [1.54, 1.807) is 18.2 Å². The van der Waals surface area contributed by atoms with E-state index in [1.165, 1.54) is 24.3 Å². The van der Waals surface area contributed by atoms with Crippen molar-refractivity contribution in [2.24, 2.45) is 0 Å². The summed E-state index contributed by atoms with van der Waals surface area (Å²) in [6, 6.07) is 10.4. The molecule has 0 saturated heterocycles. The second kappa shape index (κ2) is 6.53. The summed E-state index contributed by atoms with van der Waals surface area (Å²) in [5, 5.41) is 2.67. The van der Waals surface area contributed by atoms with Crippen LogP contribution in [0.5, 0.6) is 5.75 Å². The molecule has 0 aromatic heterocycles. The highest BCUT2D eigenvalue weighted by Gasteiger charge is 2.10. The first-order chi connectivity index (χ1) is 9.95. The van der Waals surface area contributed by atoms with Gasteiger partial charge in [0.2, 0.25) is 0 Å². The average molecular weight is 357 g/mol. The SMILES string of the molecule is Nc1ccc(Br)c(NC(=O)c2ccc(OC(F)F)cc2)c1. The third kappa shape index (κ3) is 4.16. The highest BCUT2D eigenvalue weighted by Crippen LogP contribution is 2.25. The Bertz CT molecular complexity index is 648. The summed E-state index contributed by atoms with van der Waals surface area (Å²) in [6.45, 7) is -2.90. The fourth-order valence-electron chi connectivity index (χ4n) is 1.62. The molecule has 3 N–H and O–H groups in total. The van der Waals surface area contributed by atoms with Crippen LogP contribution >= 0.6 is 15.9 Å². The molecule has 4 nitrogen and oxygen atoms in total. The van der Waals surface area contributed by atoms with Gasteiger partial charge < -0.3 is 15.8 Å². The van der Waals surface area contributed by atoms with Gasteiger partial charge in [-0.1, -0.05) is 0 Å². The van der Waals surface area contributed by atoms with Gasteiger partial charge in [-0.3, -0.25) is 4.79 Å². The van der Waals surface area contributed by atoms with Crippen molar-refractivity contribution in [2.75, 3.05) is 11.1 Å². The number of amides is 1. The van der Waals surface area contributed by atoms with Gasteiger partial charge in [0, 0.05) is 15.7 Å². The number of rotatable bonds is 4. The van der Waals surface area contributed by atoms with Gasteiger partial charge in [0.25, 0.3) is 5.91 Å². The van der Waals surface area contributed by atoms with Crippen LogP contribution in [0.25, 0.3) is 0 Å². The number of anilines is 2. The van der Waals surface area contributed by atoms with Gasteiger partial charge >= 0.3 is 6.61 Å². The second-order valence-electron chi connectivity index (χ2n) is 4.10. The van der Waals surface area contributed by atoms with E-state index in [1.807, 2.05) is 0 Å². The maximum Gasteiger partial charge on any atom is 0.387 e. The second-order valence-corrected chi connectivity index (χ2v) is 4.95. The molecule has 21 heavy (non-hydrogen) atoms. The zero-order chi connectivity index (χ0) is 15.4. The summed E-state index contributed by atoms with van der Waals surface area (Å²) in [6.07, 6.45) is 0. The molecule has 7 heteroatoms. The lowest BCUT2D eigenvalue weighted by molar-refractivity contribution is -0.0498. The number of hydrogen-bond donors (Lipinski definition) is 2. The lowest BCUT2D eigenvalue weighted by Crippen LogP contribution is -2.12. The van der Waals surface area contributed by atoms with E-state index < -0.39 is 6.61 Å². The van der Waals surface area contributed by atoms with Crippen molar-refractivity contribution in [1.29, 1.82) is 0 Å². The highest BCUT2D eigenvalue weighted by molar-refractivity contribution is 9.10. The molecule has 110 valence electrons. The molecule has 2 aromatic rings. The molecule has 2 rings (SSSR count). The molecule has 0 fully saturated rings. The molecule has 0 radical (unpaired) electrons. The molecule has 0 unspecified atom stereocenters. The van der Waals surface area contributed by atoms with Gasteiger partial charge in [0.05, 0.1) is 5.69 Å². The molecule has 0 aliphatic carbocycles. The van der Waals surface area contributed by atoms with E-state index in [-0.39, 0.29) is 11.7 Å². The number of nitrogens with two attached hydrogens (primary N) is 1. The number of hydrogen-bond acceptors (Lipinski definition) is 3. The van der Waals surface area contributed by atoms with Crippen LogP contribution in [0, 0.1) is 0 Å². The van der Waals surface area contributed by atoms with Gasteiger partial charge in [-0.25, -0.2) is 0 Å². The summed E-state index contributed by atoms with van der Waals surface area (Å²) in [5.74, 6) is -0.392. The van der Waals surface area contributed by atoms with Gasteiger partial charge in [0.1, 0.15) is 5.75 Å². The third-order valence-electron chi connectivity index (χ3n) is 2.58. The van der Waals surface area contributed by atoms with Crippen LogP contribution in [-0.2, 0) is 0 Å². The maximum absolute atomic E-state index is 12.0. The Morgan fingerprint density at radius 1 is 1.19 bits per heavy atom. The molecule has 1 amide bonds. The van der Waals surface area contributed by atoms with E-state index in [4.69, 9.17) is 5.73 Å². The normalized spacial score (nSPS) is 10.5. The molecule has 2 aromatic carbocycles. The molecule has 0 aliphatic heterocycles. The van der Waals surface area contributed by atoms with Gasteiger partial charge in [-0.2, -0.15) is 8.78 Å². The van der Waals surface area contributed by atoms with E-state index in [0.717, 1.165) is 0 Å². The first-order valence-electron chi connectivity index (χ1n) is 5.87. The van der Waals surface area contributed by atoms with E-state index in [9.17, 15) is 13.6 Å². The lowest BCUT2D eigenvalue weighted by Gasteiger charge is -2.09. The Hall–Kier alpha value is -2.15. The predicted octanol–water partition coefficient (Wildman–Crippen LogP) is 3.89. The number of carbonyl (C=O) groups is 1. The van der Waals surface area contributed by atoms with E-state index in [2.05, 4.69) is 26.0 Å². The Balaban J connectivity index is 2.11. The average Bonchev–Trinajstić information content (AvgIpc) is 2.43. The first-order valence-corrected chi connectivity index (χ1v) is 6.66. The Morgan fingerprint density at radius 3 is 2.48 bits per heavy atom. The number of halogens is 3. The Kier molecular flexibility index (Phi) is 4.74. The number of carbonyl (C=O) groups excluding carboxylic acids is 1. The van der Waals surface area contributed by atoms with Gasteiger partial charge in [0.15, 0.2) is 0 Å². The predicted molar refractivity (Wildman–Crippen MR) is 79.6 cm³/mol. The summed E-state index contributed by atoms with van der Waals surface area (Å²) in [7, 11) is 0. The zero-order valence-electron chi connectivity index (χ0n) is 10.6. The zero-order valence-corrected chi connectivity index (χ0v) is 12.2. The molecule has 0 bridgehead atoms. The summed E-state index contributed by atoms with van der Waals surface area (Å²) in [5.41, 5.74) is 6.99.